The Hall–Kier alpha value is -3.66. The van der Waals surface area contributed by atoms with E-state index < -0.39 is 0 Å². The molecule has 1 aliphatic rings. The fraction of sp³-hybridized carbons (Fsp3) is 0.258. The Morgan fingerprint density at radius 3 is 2.55 bits per heavy atom. The Balaban J connectivity index is 1.27. The Bertz CT molecular complexity index is 1710. The van der Waals surface area contributed by atoms with Crippen LogP contribution in [-0.2, 0) is 11.3 Å². The van der Waals surface area contributed by atoms with Crippen LogP contribution in [0, 0.1) is 0 Å². The number of nitrogens with zero attached hydrogens (tertiary/aromatic N) is 3. The van der Waals surface area contributed by atoms with Crippen molar-refractivity contribution in [1.29, 1.82) is 0 Å². The number of anilines is 1. The summed E-state index contributed by atoms with van der Waals surface area (Å²) in [6.45, 7) is 2.70. The van der Waals surface area contributed by atoms with Crippen molar-refractivity contribution < 1.29 is 9.53 Å². The van der Waals surface area contributed by atoms with E-state index in [1.807, 2.05) is 59.2 Å². The number of para-hydroxylation sites is 2. The van der Waals surface area contributed by atoms with Crippen LogP contribution in [0.15, 0.2) is 88.8 Å². The number of hydrogen-bond acceptors (Lipinski definition) is 7. The molecular formula is C31H30N4O3S2. The summed E-state index contributed by atoms with van der Waals surface area (Å²) in [6, 6.07) is 25.8. The molecule has 9 heteroatoms. The number of rotatable bonds is 8. The first-order valence-electron chi connectivity index (χ1n) is 13.4. The van der Waals surface area contributed by atoms with Gasteiger partial charge in [-0.1, -0.05) is 72.4 Å². The molecule has 0 saturated carbocycles. The predicted octanol–water partition coefficient (Wildman–Crippen LogP) is 6.19. The van der Waals surface area contributed by atoms with Crippen molar-refractivity contribution in [2.75, 3.05) is 31.3 Å². The molecule has 1 amide bonds. The molecule has 1 fully saturated rings. The van der Waals surface area contributed by atoms with Gasteiger partial charge in [-0.05, 0) is 36.6 Å². The fourth-order valence-corrected chi connectivity index (χ4v) is 7.24. The summed E-state index contributed by atoms with van der Waals surface area (Å²) >= 11 is 2.81. The lowest BCUT2D eigenvalue weighted by Gasteiger charge is -2.33. The molecule has 0 radical (unpaired) electrons. The van der Waals surface area contributed by atoms with Crippen LogP contribution in [0.3, 0.4) is 0 Å². The zero-order chi connectivity index (χ0) is 27.5. The third kappa shape index (κ3) is 5.50. The Morgan fingerprint density at radius 1 is 1.02 bits per heavy atom. The van der Waals surface area contributed by atoms with Crippen molar-refractivity contribution in [1.82, 2.24) is 14.5 Å². The molecule has 0 unspecified atom stereocenters. The van der Waals surface area contributed by atoms with Crippen LogP contribution in [0.1, 0.15) is 24.4 Å². The van der Waals surface area contributed by atoms with Gasteiger partial charge in [-0.3, -0.25) is 19.1 Å². The van der Waals surface area contributed by atoms with Gasteiger partial charge in [0.2, 0.25) is 5.91 Å². The zero-order valence-electron chi connectivity index (χ0n) is 22.2. The average Bonchev–Trinajstić information content (AvgIpc) is 3.37. The SMILES string of the molecule is COc1ccccc1NC(=O)CSc1nc2c(sc3ccccc32)c(=O)n1C1CCN(Cc2ccccc2)CC1. The lowest BCUT2D eigenvalue weighted by atomic mass is 10.0. The van der Waals surface area contributed by atoms with Gasteiger partial charge in [-0.15, -0.1) is 11.3 Å². The van der Waals surface area contributed by atoms with Crippen LogP contribution in [0.2, 0.25) is 0 Å². The van der Waals surface area contributed by atoms with Gasteiger partial charge in [0.05, 0.1) is 24.1 Å². The number of aromatic nitrogens is 2. The number of ether oxygens (including phenoxy) is 1. The smallest absolute Gasteiger partial charge is 0.272 e. The monoisotopic (exact) mass is 570 g/mol. The first-order valence-corrected chi connectivity index (χ1v) is 15.2. The Morgan fingerprint density at radius 2 is 1.75 bits per heavy atom. The molecule has 5 aromatic rings. The van der Waals surface area contributed by atoms with Crippen molar-refractivity contribution >= 4 is 55.0 Å². The molecule has 0 spiro atoms. The van der Waals surface area contributed by atoms with Crippen LogP contribution in [0.25, 0.3) is 20.3 Å². The maximum atomic E-state index is 14.0. The highest BCUT2D eigenvalue weighted by Crippen LogP contribution is 2.34. The molecule has 0 aliphatic carbocycles. The molecule has 0 atom stereocenters. The van der Waals surface area contributed by atoms with Crippen LogP contribution in [0.5, 0.6) is 5.75 Å². The van der Waals surface area contributed by atoms with Gasteiger partial charge < -0.3 is 10.1 Å². The molecule has 1 saturated heterocycles. The average molecular weight is 571 g/mol. The topological polar surface area (TPSA) is 76.5 Å². The zero-order valence-corrected chi connectivity index (χ0v) is 23.8. The minimum Gasteiger partial charge on any atom is -0.495 e. The molecule has 3 aromatic carbocycles. The maximum absolute atomic E-state index is 14.0. The molecular weight excluding hydrogens is 541 g/mol. The summed E-state index contributed by atoms with van der Waals surface area (Å²) in [5.41, 5.74) is 2.62. The number of likely N-dealkylation sites (tertiary alicyclic amines) is 1. The van der Waals surface area contributed by atoms with Gasteiger partial charge in [0.1, 0.15) is 10.4 Å². The highest BCUT2D eigenvalue weighted by atomic mass is 32.2. The van der Waals surface area contributed by atoms with Gasteiger partial charge in [-0.25, -0.2) is 4.98 Å². The Labute approximate surface area is 240 Å². The molecule has 0 bridgehead atoms. The summed E-state index contributed by atoms with van der Waals surface area (Å²) in [5, 5.41) is 4.50. The van der Waals surface area contributed by atoms with Crippen molar-refractivity contribution in [3.05, 3.63) is 94.8 Å². The number of amides is 1. The number of hydrogen-bond donors (Lipinski definition) is 1. The first-order chi connectivity index (χ1) is 19.6. The van der Waals surface area contributed by atoms with Gasteiger partial charge in [0.25, 0.3) is 5.56 Å². The van der Waals surface area contributed by atoms with Crippen LogP contribution in [0.4, 0.5) is 5.69 Å². The summed E-state index contributed by atoms with van der Waals surface area (Å²) in [7, 11) is 1.58. The quantitative estimate of drug-likeness (QED) is 0.177. The minimum atomic E-state index is -0.178. The highest BCUT2D eigenvalue weighted by molar-refractivity contribution is 7.99. The van der Waals surface area contributed by atoms with E-state index in [0.717, 1.165) is 48.1 Å². The largest absolute Gasteiger partial charge is 0.495 e. The molecule has 1 aliphatic heterocycles. The molecule has 2 aromatic heterocycles. The van der Waals surface area contributed by atoms with E-state index in [1.165, 1.54) is 28.7 Å². The van der Waals surface area contributed by atoms with Gasteiger partial charge >= 0.3 is 0 Å². The fourth-order valence-electron chi connectivity index (χ4n) is 5.30. The summed E-state index contributed by atoms with van der Waals surface area (Å²) in [5.74, 6) is 0.554. The highest BCUT2D eigenvalue weighted by Gasteiger charge is 2.26. The summed E-state index contributed by atoms with van der Waals surface area (Å²) in [6.07, 6.45) is 1.71. The number of piperidine rings is 1. The van der Waals surface area contributed by atoms with Gasteiger partial charge in [0.15, 0.2) is 5.16 Å². The molecule has 1 N–H and O–H groups in total. The molecule has 40 heavy (non-hydrogen) atoms. The van der Waals surface area contributed by atoms with Crippen LogP contribution < -0.4 is 15.6 Å². The van der Waals surface area contributed by atoms with Crippen molar-refractivity contribution in [3.63, 3.8) is 0 Å². The molecule has 204 valence electrons. The first kappa shape index (κ1) is 26.6. The molecule has 7 nitrogen and oxygen atoms in total. The standard InChI is InChI=1S/C31H30N4O3S2/c1-38-25-13-7-6-12-24(25)32-27(36)20-39-31-33-28-23-11-5-8-14-26(23)40-29(28)30(37)35(31)22-15-17-34(18-16-22)19-21-9-3-2-4-10-21/h2-14,22H,15-20H2,1H3,(H,32,36). The third-order valence-corrected chi connectivity index (χ3v) is 9.38. The molecule has 3 heterocycles. The van der Waals surface area contributed by atoms with Crippen molar-refractivity contribution in [3.8, 4) is 5.75 Å². The van der Waals surface area contributed by atoms with Gasteiger partial charge in [0, 0.05) is 35.8 Å². The normalized spacial score (nSPS) is 14.5. The summed E-state index contributed by atoms with van der Waals surface area (Å²) in [4.78, 5) is 34.4. The van der Waals surface area contributed by atoms with E-state index in [4.69, 9.17) is 9.72 Å². The van der Waals surface area contributed by atoms with Crippen molar-refractivity contribution in [2.24, 2.45) is 0 Å². The summed E-state index contributed by atoms with van der Waals surface area (Å²) < 4.78 is 8.95. The number of methoxy groups -OCH3 is 1. The van der Waals surface area contributed by atoms with Crippen molar-refractivity contribution in [2.45, 2.75) is 30.6 Å². The number of carbonyl (C=O) groups excluding carboxylic acids is 1. The number of carbonyl (C=O) groups is 1. The van der Waals surface area contributed by atoms with E-state index in [9.17, 15) is 9.59 Å². The lowest BCUT2D eigenvalue weighted by molar-refractivity contribution is -0.113. The minimum absolute atomic E-state index is 0.0136. The van der Waals surface area contributed by atoms with E-state index >= 15 is 0 Å². The second-order valence-corrected chi connectivity index (χ2v) is 11.9. The van der Waals surface area contributed by atoms with E-state index in [0.29, 0.717) is 21.3 Å². The van der Waals surface area contributed by atoms with E-state index in [1.54, 1.807) is 7.11 Å². The van der Waals surface area contributed by atoms with E-state index in [2.05, 4.69) is 34.5 Å². The number of fused-ring (bicyclic) bond motifs is 3. The molecule has 6 rings (SSSR count). The second kappa shape index (κ2) is 11.8. The van der Waals surface area contributed by atoms with Crippen LogP contribution >= 0.6 is 23.1 Å². The number of thioether (sulfide) groups is 1. The number of thiophene rings is 1. The van der Waals surface area contributed by atoms with Gasteiger partial charge in [-0.2, -0.15) is 0 Å². The number of benzene rings is 3. The third-order valence-electron chi connectivity index (χ3n) is 7.28. The van der Waals surface area contributed by atoms with E-state index in [-0.39, 0.29) is 23.3 Å². The second-order valence-electron chi connectivity index (χ2n) is 9.88. The Kier molecular flexibility index (Phi) is 7.86. The maximum Gasteiger partial charge on any atom is 0.272 e. The predicted molar refractivity (Wildman–Crippen MR) is 164 cm³/mol. The van der Waals surface area contributed by atoms with Crippen LogP contribution in [-0.4, -0.2) is 46.3 Å². The lowest BCUT2D eigenvalue weighted by Crippen LogP contribution is -2.38. The number of nitrogens with one attached hydrogen (secondary N) is 1.